The lowest BCUT2D eigenvalue weighted by Gasteiger charge is -2.39. The van der Waals surface area contributed by atoms with Crippen LogP contribution in [-0.2, 0) is 0 Å². The van der Waals surface area contributed by atoms with Gasteiger partial charge in [-0.1, -0.05) is 20.8 Å². The van der Waals surface area contributed by atoms with Gasteiger partial charge in [0.2, 0.25) is 0 Å². The first-order chi connectivity index (χ1) is 12.7. The Morgan fingerprint density at radius 1 is 1.04 bits per heavy atom. The fourth-order valence-electron chi connectivity index (χ4n) is 3.98. The molecule has 3 rings (SSSR count). The van der Waals surface area contributed by atoms with Gasteiger partial charge in [0.05, 0.1) is 11.4 Å². The third-order valence-electron chi connectivity index (χ3n) is 5.70. The van der Waals surface area contributed by atoms with Gasteiger partial charge in [-0.3, -0.25) is 0 Å². The number of carboxylic acid groups (broad SMARTS) is 1. The molecule has 0 amide bonds. The largest absolute Gasteiger partial charge is 0.478 e. The summed E-state index contributed by atoms with van der Waals surface area (Å²) in [6, 6.07) is 8.29. The Kier molecular flexibility index (Phi) is 5.22. The maximum absolute atomic E-state index is 11.3. The van der Waals surface area contributed by atoms with E-state index in [0.717, 1.165) is 24.6 Å². The Morgan fingerprint density at radius 2 is 1.56 bits per heavy atom. The number of aromatic nitrogens is 2. The highest BCUT2D eigenvalue weighted by molar-refractivity contribution is 5.90. The van der Waals surface area contributed by atoms with Gasteiger partial charge in [0.25, 0.3) is 0 Å². The van der Waals surface area contributed by atoms with Gasteiger partial charge in [0, 0.05) is 24.3 Å². The van der Waals surface area contributed by atoms with Crippen molar-refractivity contribution in [2.24, 2.45) is 11.3 Å². The SMILES string of the molecule is Cc1nc(-c2ccc(N3CCC(C(C)(C)C)CC3)cc2)nc(C)c1C(=O)O. The summed E-state index contributed by atoms with van der Waals surface area (Å²) in [6.07, 6.45) is 2.45. The molecule has 1 aromatic carbocycles. The molecule has 27 heavy (non-hydrogen) atoms. The lowest BCUT2D eigenvalue weighted by molar-refractivity contribution is 0.0694. The zero-order valence-electron chi connectivity index (χ0n) is 16.9. The summed E-state index contributed by atoms with van der Waals surface area (Å²) in [5.41, 5.74) is 3.70. The summed E-state index contributed by atoms with van der Waals surface area (Å²) in [7, 11) is 0. The summed E-state index contributed by atoms with van der Waals surface area (Å²) in [6.45, 7) is 12.6. The summed E-state index contributed by atoms with van der Waals surface area (Å²) >= 11 is 0. The molecule has 0 spiro atoms. The Bertz CT molecular complexity index is 807. The van der Waals surface area contributed by atoms with E-state index in [4.69, 9.17) is 0 Å². The topological polar surface area (TPSA) is 66.3 Å². The first-order valence-corrected chi connectivity index (χ1v) is 9.60. The minimum Gasteiger partial charge on any atom is -0.478 e. The van der Waals surface area contributed by atoms with E-state index in [1.54, 1.807) is 13.8 Å². The van der Waals surface area contributed by atoms with Crippen LogP contribution in [0.15, 0.2) is 24.3 Å². The van der Waals surface area contributed by atoms with Crippen molar-refractivity contribution in [1.82, 2.24) is 9.97 Å². The highest BCUT2D eigenvalue weighted by Crippen LogP contribution is 2.35. The van der Waals surface area contributed by atoms with Gasteiger partial charge in [0.1, 0.15) is 5.56 Å². The quantitative estimate of drug-likeness (QED) is 0.850. The Hall–Kier alpha value is -2.43. The number of nitrogens with zero attached hydrogens (tertiary/aromatic N) is 3. The molecular weight excluding hydrogens is 338 g/mol. The van der Waals surface area contributed by atoms with Crippen LogP contribution in [0.2, 0.25) is 0 Å². The number of carbonyl (C=O) groups is 1. The standard InChI is InChI=1S/C22H29N3O2/c1-14-19(21(26)27)15(2)24-20(23-14)16-6-8-18(9-7-16)25-12-10-17(11-13-25)22(3,4)5/h6-9,17H,10-13H2,1-5H3,(H,26,27). The number of rotatable bonds is 3. The first-order valence-electron chi connectivity index (χ1n) is 9.60. The maximum atomic E-state index is 11.3. The van der Waals surface area contributed by atoms with Gasteiger partial charge < -0.3 is 10.0 Å². The minimum absolute atomic E-state index is 0.192. The van der Waals surface area contributed by atoms with E-state index in [9.17, 15) is 9.90 Å². The van der Waals surface area contributed by atoms with Crippen molar-refractivity contribution < 1.29 is 9.90 Å². The fraction of sp³-hybridized carbons (Fsp3) is 0.500. The predicted octanol–water partition coefficient (Wildman–Crippen LogP) is 4.72. The van der Waals surface area contributed by atoms with Gasteiger partial charge >= 0.3 is 5.97 Å². The third-order valence-corrected chi connectivity index (χ3v) is 5.70. The molecule has 1 aliphatic rings. The second-order valence-corrected chi connectivity index (χ2v) is 8.57. The van der Waals surface area contributed by atoms with Crippen molar-refractivity contribution in [1.29, 1.82) is 0 Å². The second kappa shape index (κ2) is 7.29. The average molecular weight is 367 g/mol. The summed E-state index contributed by atoms with van der Waals surface area (Å²) < 4.78 is 0. The summed E-state index contributed by atoms with van der Waals surface area (Å²) in [5.74, 6) is 0.374. The van der Waals surface area contributed by atoms with E-state index in [0.29, 0.717) is 22.6 Å². The molecule has 144 valence electrons. The molecule has 1 N–H and O–H groups in total. The van der Waals surface area contributed by atoms with Crippen LogP contribution in [0.1, 0.15) is 55.4 Å². The number of aryl methyl sites for hydroxylation is 2. The first kappa shape index (κ1) is 19.3. The predicted molar refractivity (Wildman–Crippen MR) is 108 cm³/mol. The molecule has 0 unspecified atom stereocenters. The molecule has 1 fully saturated rings. The Morgan fingerprint density at radius 3 is 2.00 bits per heavy atom. The number of hydrogen-bond acceptors (Lipinski definition) is 4. The zero-order valence-corrected chi connectivity index (χ0v) is 16.9. The molecule has 1 aliphatic heterocycles. The molecular formula is C22H29N3O2. The highest BCUT2D eigenvalue weighted by Gasteiger charge is 2.28. The van der Waals surface area contributed by atoms with E-state index < -0.39 is 5.97 Å². The van der Waals surface area contributed by atoms with Gasteiger partial charge in [-0.15, -0.1) is 0 Å². The minimum atomic E-state index is -0.981. The smallest absolute Gasteiger partial charge is 0.339 e. The number of anilines is 1. The van der Waals surface area contributed by atoms with Crippen LogP contribution >= 0.6 is 0 Å². The maximum Gasteiger partial charge on any atom is 0.339 e. The van der Waals surface area contributed by atoms with Crippen LogP contribution in [-0.4, -0.2) is 34.1 Å². The van der Waals surface area contributed by atoms with Crippen molar-refractivity contribution in [2.75, 3.05) is 18.0 Å². The number of carboxylic acids is 1. The third kappa shape index (κ3) is 4.12. The molecule has 0 aliphatic carbocycles. The normalized spacial score (nSPS) is 15.8. The van der Waals surface area contributed by atoms with Gasteiger partial charge in [-0.25, -0.2) is 14.8 Å². The molecule has 0 radical (unpaired) electrons. The van der Waals surface area contributed by atoms with E-state index >= 15 is 0 Å². The highest BCUT2D eigenvalue weighted by atomic mass is 16.4. The van der Waals surface area contributed by atoms with Crippen molar-refractivity contribution in [3.8, 4) is 11.4 Å². The van der Waals surface area contributed by atoms with E-state index in [2.05, 4.69) is 47.8 Å². The Balaban J connectivity index is 1.76. The summed E-state index contributed by atoms with van der Waals surface area (Å²) in [5, 5.41) is 9.27. The van der Waals surface area contributed by atoms with E-state index in [-0.39, 0.29) is 5.56 Å². The molecule has 1 saturated heterocycles. The molecule has 2 aromatic rings. The van der Waals surface area contributed by atoms with Crippen LogP contribution in [0.3, 0.4) is 0 Å². The molecule has 0 atom stereocenters. The van der Waals surface area contributed by atoms with Crippen molar-refractivity contribution in [3.05, 3.63) is 41.2 Å². The number of hydrogen-bond donors (Lipinski definition) is 1. The van der Waals surface area contributed by atoms with Crippen LogP contribution in [0, 0.1) is 25.2 Å². The molecule has 5 nitrogen and oxygen atoms in total. The van der Waals surface area contributed by atoms with Crippen LogP contribution in [0.25, 0.3) is 11.4 Å². The molecule has 0 bridgehead atoms. The zero-order chi connectivity index (χ0) is 19.8. The van der Waals surface area contributed by atoms with Crippen molar-refractivity contribution in [3.63, 3.8) is 0 Å². The van der Waals surface area contributed by atoms with Gasteiger partial charge in [-0.05, 0) is 62.3 Å². The molecule has 0 saturated carbocycles. The second-order valence-electron chi connectivity index (χ2n) is 8.57. The van der Waals surface area contributed by atoms with Crippen molar-refractivity contribution in [2.45, 2.75) is 47.5 Å². The van der Waals surface area contributed by atoms with E-state index in [1.807, 2.05) is 12.1 Å². The van der Waals surface area contributed by atoms with Crippen LogP contribution < -0.4 is 4.90 Å². The molecule has 2 heterocycles. The molecule has 5 heteroatoms. The number of piperidine rings is 1. The van der Waals surface area contributed by atoms with Crippen LogP contribution in [0.4, 0.5) is 5.69 Å². The number of benzene rings is 1. The van der Waals surface area contributed by atoms with Gasteiger partial charge in [0.15, 0.2) is 5.82 Å². The van der Waals surface area contributed by atoms with E-state index in [1.165, 1.54) is 18.5 Å². The monoisotopic (exact) mass is 367 g/mol. The number of aromatic carboxylic acids is 1. The summed E-state index contributed by atoms with van der Waals surface area (Å²) in [4.78, 5) is 22.5. The molecule has 1 aromatic heterocycles. The lowest BCUT2D eigenvalue weighted by Crippen LogP contribution is -2.37. The average Bonchev–Trinajstić information content (AvgIpc) is 2.60. The Labute approximate surface area is 161 Å². The fourth-order valence-corrected chi connectivity index (χ4v) is 3.98. The van der Waals surface area contributed by atoms with Crippen molar-refractivity contribution >= 4 is 11.7 Å². The van der Waals surface area contributed by atoms with Gasteiger partial charge in [-0.2, -0.15) is 0 Å². The van der Waals surface area contributed by atoms with Crippen LogP contribution in [0.5, 0.6) is 0 Å². The lowest BCUT2D eigenvalue weighted by atomic mass is 9.75.